The van der Waals surface area contributed by atoms with E-state index in [0.717, 1.165) is 34.2 Å². The molecule has 0 aliphatic heterocycles. The molecule has 0 fully saturated rings. The van der Waals surface area contributed by atoms with Gasteiger partial charge in [0.05, 0.1) is 0 Å². The van der Waals surface area contributed by atoms with Gasteiger partial charge in [-0.15, -0.1) is 0 Å². The van der Waals surface area contributed by atoms with Gasteiger partial charge in [-0.05, 0) is 46.7 Å². The molecule has 0 saturated heterocycles. The molecule has 0 aromatic heterocycles. The fourth-order valence-corrected chi connectivity index (χ4v) is 3.12. The Balaban J connectivity index is 1.97. The topological polar surface area (TPSA) is 18.5 Å². The summed E-state index contributed by atoms with van der Waals surface area (Å²) < 4.78 is 36.1. The number of halogens is 2. The zero-order valence-corrected chi connectivity index (χ0v) is 15.3. The van der Waals surface area contributed by atoms with Crippen molar-refractivity contribution >= 4 is 10.8 Å². The number of ether oxygens (including phenoxy) is 2. The Morgan fingerprint density at radius 2 is 1.74 bits per heavy atom. The van der Waals surface area contributed by atoms with E-state index in [1.165, 1.54) is 0 Å². The number of hydrogen-bond acceptors (Lipinski definition) is 2. The molecular formula is C23H22F2O2. The van der Waals surface area contributed by atoms with Crippen LogP contribution in [0.3, 0.4) is 0 Å². The molecule has 0 aliphatic rings. The number of benzene rings is 3. The van der Waals surface area contributed by atoms with E-state index in [4.69, 9.17) is 9.47 Å². The summed E-state index contributed by atoms with van der Waals surface area (Å²) in [6, 6.07) is 17.4. The van der Waals surface area contributed by atoms with Gasteiger partial charge >= 0.3 is 6.61 Å². The highest BCUT2D eigenvalue weighted by atomic mass is 19.3. The van der Waals surface area contributed by atoms with Gasteiger partial charge < -0.3 is 9.47 Å². The second-order valence-electron chi connectivity index (χ2n) is 6.24. The van der Waals surface area contributed by atoms with Gasteiger partial charge in [0.25, 0.3) is 0 Å². The van der Waals surface area contributed by atoms with E-state index in [1.807, 2.05) is 61.5 Å². The zero-order chi connectivity index (χ0) is 19.2. The van der Waals surface area contributed by atoms with Crippen LogP contribution in [-0.2, 0) is 6.42 Å². The monoisotopic (exact) mass is 368 g/mol. The molecule has 3 aromatic carbocycles. The fourth-order valence-electron chi connectivity index (χ4n) is 3.12. The summed E-state index contributed by atoms with van der Waals surface area (Å²) in [6.07, 6.45) is 3.26. The SMILES string of the molecule is C=CCOc1ccc(-c2ccc3c(OC(F)F)c(CCC)ccc3c2)cc1. The van der Waals surface area contributed by atoms with Gasteiger partial charge in [0.1, 0.15) is 18.1 Å². The number of fused-ring (bicyclic) bond motifs is 1. The van der Waals surface area contributed by atoms with Crippen molar-refractivity contribution in [3.63, 3.8) is 0 Å². The summed E-state index contributed by atoms with van der Waals surface area (Å²) in [5.74, 6) is 1.06. The van der Waals surface area contributed by atoms with Gasteiger partial charge in [0.15, 0.2) is 0 Å². The fraction of sp³-hybridized carbons (Fsp3) is 0.217. The summed E-state index contributed by atoms with van der Waals surface area (Å²) >= 11 is 0. The van der Waals surface area contributed by atoms with Crippen LogP contribution in [0.5, 0.6) is 11.5 Å². The second-order valence-corrected chi connectivity index (χ2v) is 6.24. The van der Waals surface area contributed by atoms with Crippen LogP contribution in [0.1, 0.15) is 18.9 Å². The van der Waals surface area contributed by atoms with Gasteiger partial charge in [-0.2, -0.15) is 8.78 Å². The van der Waals surface area contributed by atoms with Crippen LogP contribution in [0.15, 0.2) is 67.3 Å². The van der Waals surface area contributed by atoms with E-state index >= 15 is 0 Å². The minimum atomic E-state index is -2.84. The molecule has 0 bridgehead atoms. The molecule has 0 saturated carbocycles. The standard InChI is InChI=1S/C23H22F2O2/c1-3-5-17-6-7-19-15-18(10-13-21(19)22(17)27-23(24)25)16-8-11-20(12-9-16)26-14-4-2/h4,6-13,15,23H,2-3,5,14H2,1H3. The minimum absolute atomic E-state index is 0.282. The summed E-state index contributed by atoms with van der Waals surface area (Å²) in [7, 11) is 0. The molecule has 140 valence electrons. The average molecular weight is 368 g/mol. The Morgan fingerprint density at radius 1 is 1.00 bits per heavy atom. The predicted octanol–water partition coefficient (Wildman–Crippen LogP) is 6.63. The van der Waals surface area contributed by atoms with Crippen molar-refractivity contribution in [2.45, 2.75) is 26.4 Å². The first-order valence-electron chi connectivity index (χ1n) is 8.97. The van der Waals surface area contributed by atoms with Crippen molar-refractivity contribution < 1.29 is 18.3 Å². The van der Waals surface area contributed by atoms with Crippen LogP contribution in [-0.4, -0.2) is 13.2 Å². The summed E-state index contributed by atoms with van der Waals surface area (Å²) in [5, 5.41) is 1.57. The Kier molecular flexibility index (Phi) is 6.07. The zero-order valence-electron chi connectivity index (χ0n) is 15.3. The Hall–Kier alpha value is -2.88. The quantitative estimate of drug-likeness (QED) is 0.416. The van der Waals surface area contributed by atoms with Crippen molar-refractivity contribution in [3.8, 4) is 22.6 Å². The van der Waals surface area contributed by atoms with E-state index in [9.17, 15) is 8.78 Å². The van der Waals surface area contributed by atoms with E-state index in [2.05, 4.69) is 6.58 Å². The molecule has 3 aromatic rings. The predicted molar refractivity (Wildman–Crippen MR) is 106 cm³/mol. The van der Waals surface area contributed by atoms with Crippen molar-refractivity contribution in [2.75, 3.05) is 6.61 Å². The molecule has 0 aliphatic carbocycles. The number of hydrogen-bond donors (Lipinski definition) is 0. The maximum absolute atomic E-state index is 12.9. The highest BCUT2D eigenvalue weighted by molar-refractivity contribution is 5.93. The van der Waals surface area contributed by atoms with Crippen molar-refractivity contribution in [1.29, 1.82) is 0 Å². The molecule has 0 spiro atoms. The first kappa shape index (κ1) is 18.9. The third-order valence-electron chi connectivity index (χ3n) is 4.33. The smallest absolute Gasteiger partial charge is 0.387 e. The maximum Gasteiger partial charge on any atom is 0.387 e. The number of rotatable bonds is 8. The Labute approximate surface area is 158 Å². The molecule has 4 heteroatoms. The van der Waals surface area contributed by atoms with Gasteiger partial charge in [-0.1, -0.05) is 62.4 Å². The first-order valence-corrected chi connectivity index (χ1v) is 8.97. The summed E-state index contributed by atoms with van der Waals surface area (Å²) in [6.45, 7) is 3.27. The number of aryl methyl sites for hydroxylation is 1. The van der Waals surface area contributed by atoms with Crippen molar-refractivity contribution in [2.24, 2.45) is 0 Å². The molecule has 3 rings (SSSR count). The van der Waals surface area contributed by atoms with Gasteiger partial charge in [-0.3, -0.25) is 0 Å². The first-order chi connectivity index (χ1) is 13.1. The normalized spacial score (nSPS) is 11.0. The van der Waals surface area contributed by atoms with Crippen LogP contribution >= 0.6 is 0 Å². The van der Waals surface area contributed by atoms with E-state index in [-0.39, 0.29) is 5.75 Å². The maximum atomic E-state index is 12.9. The Bertz CT molecular complexity index is 918. The van der Waals surface area contributed by atoms with Crippen molar-refractivity contribution in [3.05, 3.63) is 72.8 Å². The van der Waals surface area contributed by atoms with E-state index in [1.54, 1.807) is 6.08 Å². The number of alkyl halides is 2. The third-order valence-corrected chi connectivity index (χ3v) is 4.33. The van der Waals surface area contributed by atoms with Crippen LogP contribution in [0.2, 0.25) is 0 Å². The molecule has 0 N–H and O–H groups in total. The third kappa shape index (κ3) is 4.45. The largest absolute Gasteiger partial charge is 0.490 e. The van der Waals surface area contributed by atoms with E-state index < -0.39 is 6.61 Å². The van der Waals surface area contributed by atoms with Gasteiger partial charge in [0.2, 0.25) is 0 Å². The lowest BCUT2D eigenvalue weighted by atomic mass is 9.98. The lowest BCUT2D eigenvalue weighted by Crippen LogP contribution is -2.05. The van der Waals surface area contributed by atoms with Crippen LogP contribution in [0.25, 0.3) is 21.9 Å². The van der Waals surface area contributed by atoms with Crippen molar-refractivity contribution in [1.82, 2.24) is 0 Å². The molecule has 0 atom stereocenters. The van der Waals surface area contributed by atoms with E-state index in [0.29, 0.717) is 18.4 Å². The minimum Gasteiger partial charge on any atom is -0.490 e. The lowest BCUT2D eigenvalue weighted by Gasteiger charge is -2.14. The molecule has 0 amide bonds. The van der Waals surface area contributed by atoms with Crippen LogP contribution in [0.4, 0.5) is 8.78 Å². The molecule has 0 radical (unpaired) electrons. The molecule has 27 heavy (non-hydrogen) atoms. The average Bonchev–Trinajstić information content (AvgIpc) is 2.68. The molecule has 0 unspecified atom stereocenters. The second kappa shape index (κ2) is 8.67. The lowest BCUT2D eigenvalue weighted by molar-refractivity contribution is -0.0493. The van der Waals surface area contributed by atoms with Gasteiger partial charge in [-0.25, -0.2) is 0 Å². The van der Waals surface area contributed by atoms with Crippen LogP contribution < -0.4 is 9.47 Å². The molecular weight excluding hydrogens is 346 g/mol. The molecule has 0 heterocycles. The highest BCUT2D eigenvalue weighted by Crippen LogP contribution is 2.35. The highest BCUT2D eigenvalue weighted by Gasteiger charge is 2.14. The summed E-state index contributed by atoms with van der Waals surface area (Å²) in [5.41, 5.74) is 2.84. The van der Waals surface area contributed by atoms with Crippen LogP contribution in [0, 0.1) is 0 Å². The molecule has 2 nitrogen and oxygen atoms in total. The van der Waals surface area contributed by atoms with Gasteiger partial charge in [0, 0.05) is 5.39 Å². The Morgan fingerprint density at radius 3 is 2.41 bits per heavy atom. The summed E-state index contributed by atoms with van der Waals surface area (Å²) in [4.78, 5) is 0.